The summed E-state index contributed by atoms with van der Waals surface area (Å²) in [6.07, 6.45) is 0. The second-order valence-corrected chi connectivity index (χ2v) is 3.96. The number of hydrogen-bond acceptors (Lipinski definition) is 2. The number of nitrogens with one attached hydrogen (secondary N) is 1. The van der Waals surface area contributed by atoms with Crippen molar-refractivity contribution in [3.63, 3.8) is 0 Å². The van der Waals surface area contributed by atoms with E-state index in [1.165, 1.54) is 0 Å². The first-order valence-electron chi connectivity index (χ1n) is 5.58. The molecule has 2 N–H and O–H groups in total. The summed E-state index contributed by atoms with van der Waals surface area (Å²) >= 11 is 0. The number of anilines is 1. The zero-order valence-electron chi connectivity index (χ0n) is 9.86. The second kappa shape index (κ2) is 5.48. The number of carboxylic acids is 1. The minimum Gasteiger partial charge on any atom is -0.478 e. The molecule has 2 aromatic rings. The Kier molecular flexibility index (Phi) is 3.75. The van der Waals surface area contributed by atoms with Gasteiger partial charge >= 0.3 is 5.97 Å². The Morgan fingerprint density at radius 3 is 2.42 bits per heavy atom. The SMILES string of the molecule is O=C(O)c1cc(NCc2ccccc2)c(F)cc1F. The Labute approximate surface area is 108 Å². The van der Waals surface area contributed by atoms with Crippen molar-refractivity contribution in [2.45, 2.75) is 6.54 Å². The van der Waals surface area contributed by atoms with Gasteiger partial charge in [0, 0.05) is 12.6 Å². The predicted octanol–water partition coefficient (Wildman–Crippen LogP) is 3.28. The maximum absolute atomic E-state index is 13.5. The van der Waals surface area contributed by atoms with Gasteiger partial charge in [-0.05, 0) is 11.6 Å². The molecule has 0 radical (unpaired) electrons. The topological polar surface area (TPSA) is 49.3 Å². The van der Waals surface area contributed by atoms with Crippen molar-refractivity contribution in [2.75, 3.05) is 5.32 Å². The molecule has 0 amide bonds. The van der Waals surface area contributed by atoms with E-state index < -0.39 is 23.2 Å². The molecule has 2 rings (SSSR count). The van der Waals surface area contributed by atoms with Crippen LogP contribution in [0.2, 0.25) is 0 Å². The number of hydrogen-bond donors (Lipinski definition) is 2. The van der Waals surface area contributed by atoms with Gasteiger partial charge in [-0.1, -0.05) is 30.3 Å². The number of aromatic carboxylic acids is 1. The van der Waals surface area contributed by atoms with Gasteiger partial charge in [0.25, 0.3) is 0 Å². The van der Waals surface area contributed by atoms with E-state index in [1.54, 1.807) is 0 Å². The van der Waals surface area contributed by atoms with Gasteiger partial charge in [-0.2, -0.15) is 0 Å². The summed E-state index contributed by atoms with van der Waals surface area (Å²) in [7, 11) is 0. The van der Waals surface area contributed by atoms with Crippen molar-refractivity contribution in [3.05, 3.63) is 65.2 Å². The minimum atomic E-state index is -1.43. The average Bonchev–Trinajstić information content (AvgIpc) is 2.38. The molecule has 0 unspecified atom stereocenters. The zero-order valence-corrected chi connectivity index (χ0v) is 9.86. The average molecular weight is 263 g/mol. The molecule has 0 aliphatic heterocycles. The number of carboxylic acid groups (broad SMARTS) is 1. The van der Waals surface area contributed by atoms with Crippen LogP contribution in [0.3, 0.4) is 0 Å². The van der Waals surface area contributed by atoms with E-state index in [-0.39, 0.29) is 5.69 Å². The quantitative estimate of drug-likeness (QED) is 0.890. The summed E-state index contributed by atoms with van der Waals surface area (Å²) in [4.78, 5) is 10.8. The molecule has 98 valence electrons. The monoisotopic (exact) mass is 263 g/mol. The van der Waals surface area contributed by atoms with E-state index in [1.807, 2.05) is 30.3 Å². The Morgan fingerprint density at radius 2 is 1.79 bits per heavy atom. The van der Waals surface area contributed by atoms with Gasteiger partial charge in [-0.3, -0.25) is 0 Å². The normalized spacial score (nSPS) is 10.2. The molecule has 0 fully saturated rings. The number of benzene rings is 2. The lowest BCUT2D eigenvalue weighted by Gasteiger charge is -2.09. The molecular formula is C14H11F2NO2. The predicted molar refractivity (Wildman–Crippen MR) is 67.1 cm³/mol. The van der Waals surface area contributed by atoms with Crippen LogP contribution in [0.25, 0.3) is 0 Å². The molecule has 3 nitrogen and oxygen atoms in total. The molecule has 0 aromatic heterocycles. The molecule has 5 heteroatoms. The van der Waals surface area contributed by atoms with Gasteiger partial charge < -0.3 is 10.4 Å². The van der Waals surface area contributed by atoms with Crippen molar-refractivity contribution in [3.8, 4) is 0 Å². The first-order valence-corrected chi connectivity index (χ1v) is 5.58. The van der Waals surface area contributed by atoms with Crippen molar-refractivity contribution in [1.82, 2.24) is 0 Å². The largest absolute Gasteiger partial charge is 0.478 e. The van der Waals surface area contributed by atoms with Gasteiger partial charge in [0.15, 0.2) is 0 Å². The number of carbonyl (C=O) groups is 1. The van der Waals surface area contributed by atoms with Crippen LogP contribution in [-0.2, 0) is 6.54 Å². The summed E-state index contributed by atoms with van der Waals surface area (Å²) in [5.74, 6) is -3.34. The van der Waals surface area contributed by atoms with Gasteiger partial charge in [-0.25, -0.2) is 13.6 Å². The lowest BCUT2D eigenvalue weighted by molar-refractivity contribution is 0.0692. The summed E-state index contributed by atoms with van der Waals surface area (Å²) in [6, 6.07) is 10.7. The second-order valence-electron chi connectivity index (χ2n) is 3.96. The Bertz CT molecular complexity index is 600. The molecule has 0 spiro atoms. The molecule has 2 aromatic carbocycles. The zero-order chi connectivity index (χ0) is 13.8. The highest BCUT2D eigenvalue weighted by Crippen LogP contribution is 2.20. The van der Waals surface area contributed by atoms with Gasteiger partial charge in [0.1, 0.15) is 11.6 Å². The van der Waals surface area contributed by atoms with Crippen molar-refractivity contribution < 1.29 is 18.7 Å². The molecule has 0 bridgehead atoms. The third kappa shape index (κ3) is 3.07. The lowest BCUT2D eigenvalue weighted by Crippen LogP contribution is -2.06. The highest BCUT2D eigenvalue weighted by Gasteiger charge is 2.14. The summed E-state index contributed by atoms with van der Waals surface area (Å²) < 4.78 is 26.7. The fourth-order valence-corrected chi connectivity index (χ4v) is 1.64. The maximum Gasteiger partial charge on any atom is 0.338 e. The van der Waals surface area contributed by atoms with E-state index >= 15 is 0 Å². The van der Waals surface area contributed by atoms with Gasteiger partial charge in [0.2, 0.25) is 0 Å². The van der Waals surface area contributed by atoms with Crippen LogP contribution in [-0.4, -0.2) is 11.1 Å². The fourth-order valence-electron chi connectivity index (χ4n) is 1.64. The number of halogens is 2. The third-order valence-corrected chi connectivity index (χ3v) is 2.61. The van der Waals surface area contributed by atoms with E-state index in [2.05, 4.69) is 5.32 Å². The fraction of sp³-hybridized carbons (Fsp3) is 0.0714. The molecule has 19 heavy (non-hydrogen) atoms. The molecule has 0 saturated carbocycles. The highest BCUT2D eigenvalue weighted by molar-refractivity contribution is 5.89. The van der Waals surface area contributed by atoms with Crippen molar-refractivity contribution >= 4 is 11.7 Å². The van der Waals surface area contributed by atoms with E-state index in [9.17, 15) is 13.6 Å². The van der Waals surface area contributed by atoms with Crippen LogP contribution in [0.15, 0.2) is 42.5 Å². The molecule has 0 saturated heterocycles. The van der Waals surface area contributed by atoms with Crippen LogP contribution in [0.5, 0.6) is 0 Å². The number of rotatable bonds is 4. The standard InChI is InChI=1S/C14H11F2NO2/c15-11-7-12(16)13(6-10(11)14(18)19)17-8-9-4-2-1-3-5-9/h1-7,17H,8H2,(H,18,19). The Hall–Kier alpha value is -2.43. The van der Waals surface area contributed by atoms with Crippen molar-refractivity contribution in [2.24, 2.45) is 0 Å². The lowest BCUT2D eigenvalue weighted by atomic mass is 10.1. The summed E-state index contributed by atoms with van der Waals surface area (Å²) in [5.41, 5.74) is 0.308. The molecule has 0 aliphatic carbocycles. The summed E-state index contributed by atoms with van der Waals surface area (Å²) in [5, 5.41) is 11.5. The van der Waals surface area contributed by atoms with Crippen molar-refractivity contribution in [1.29, 1.82) is 0 Å². The van der Waals surface area contributed by atoms with Crippen LogP contribution in [0, 0.1) is 11.6 Å². The summed E-state index contributed by atoms with van der Waals surface area (Å²) in [6.45, 7) is 0.322. The van der Waals surface area contributed by atoms with Crippen LogP contribution in [0.4, 0.5) is 14.5 Å². The molecule has 0 atom stereocenters. The minimum absolute atomic E-state index is 0.0392. The van der Waals surface area contributed by atoms with Crippen LogP contribution < -0.4 is 5.32 Å². The van der Waals surface area contributed by atoms with E-state index in [4.69, 9.17) is 5.11 Å². The molecular weight excluding hydrogens is 252 g/mol. The molecule has 0 aliphatic rings. The Morgan fingerprint density at radius 1 is 1.11 bits per heavy atom. The van der Waals surface area contributed by atoms with Crippen LogP contribution >= 0.6 is 0 Å². The highest BCUT2D eigenvalue weighted by atomic mass is 19.1. The maximum atomic E-state index is 13.5. The first kappa shape index (κ1) is 13.0. The first-order chi connectivity index (χ1) is 9.08. The van der Waals surface area contributed by atoms with Crippen LogP contribution in [0.1, 0.15) is 15.9 Å². The van der Waals surface area contributed by atoms with Gasteiger partial charge in [0.05, 0.1) is 11.3 Å². The van der Waals surface area contributed by atoms with Gasteiger partial charge in [-0.15, -0.1) is 0 Å². The van der Waals surface area contributed by atoms with E-state index in [0.717, 1.165) is 11.6 Å². The smallest absolute Gasteiger partial charge is 0.338 e. The Balaban J connectivity index is 2.21. The third-order valence-electron chi connectivity index (χ3n) is 2.61. The van der Waals surface area contributed by atoms with E-state index in [0.29, 0.717) is 12.6 Å². The molecule has 0 heterocycles.